The highest BCUT2D eigenvalue weighted by Gasteiger charge is 2.18. The Kier molecular flexibility index (Phi) is 5.05. The molecule has 1 atom stereocenters. The van der Waals surface area contributed by atoms with E-state index in [-0.39, 0.29) is 11.9 Å². The van der Waals surface area contributed by atoms with Crippen molar-refractivity contribution in [2.75, 3.05) is 0 Å². The number of hydrogen-bond acceptors (Lipinski definition) is 4. The van der Waals surface area contributed by atoms with Crippen LogP contribution < -0.4 is 5.73 Å². The summed E-state index contributed by atoms with van der Waals surface area (Å²) in [5.74, 6) is 0.866. The van der Waals surface area contributed by atoms with Crippen LogP contribution in [0, 0.1) is 5.82 Å². The van der Waals surface area contributed by atoms with Crippen LogP contribution in [0.2, 0.25) is 0 Å². The van der Waals surface area contributed by atoms with Gasteiger partial charge < -0.3 is 10.2 Å². The van der Waals surface area contributed by atoms with Crippen molar-refractivity contribution in [3.63, 3.8) is 0 Å². The normalized spacial score (nSPS) is 12.3. The highest BCUT2D eigenvalue weighted by molar-refractivity contribution is 7.98. The van der Waals surface area contributed by atoms with Crippen LogP contribution in [0.1, 0.15) is 23.1 Å². The fraction of sp³-hybridized carbons (Fsp3) is 0.176. The van der Waals surface area contributed by atoms with E-state index >= 15 is 0 Å². The van der Waals surface area contributed by atoms with E-state index in [0.29, 0.717) is 16.9 Å². The Morgan fingerprint density at radius 3 is 2.61 bits per heavy atom. The van der Waals surface area contributed by atoms with Gasteiger partial charge in [-0.1, -0.05) is 54.2 Å². The van der Waals surface area contributed by atoms with Crippen molar-refractivity contribution in [1.29, 1.82) is 0 Å². The first kappa shape index (κ1) is 15.7. The lowest BCUT2D eigenvalue weighted by Gasteiger charge is -2.03. The molecule has 0 amide bonds. The molecule has 0 aliphatic heterocycles. The zero-order valence-electron chi connectivity index (χ0n) is 12.5. The average molecular weight is 330 g/mol. The SMILES string of the molecule is [NH3+][C@@H](Cc1ccccc1)c1nnc(SCc2cccc(F)c2)o1. The van der Waals surface area contributed by atoms with E-state index < -0.39 is 0 Å². The Hall–Kier alpha value is -2.18. The van der Waals surface area contributed by atoms with Gasteiger partial charge in [-0.15, -0.1) is 10.2 Å². The lowest BCUT2D eigenvalue weighted by atomic mass is 10.1. The maximum Gasteiger partial charge on any atom is 0.277 e. The second kappa shape index (κ2) is 7.39. The predicted octanol–water partition coefficient (Wildman–Crippen LogP) is 3.03. The molecular formula is C17H17FN3OS+. The van der Waals surface area contributed by atoms with Gasteiger partial charge in [0.2, 0.25) is 0 Å². The molecule has 0 bridgehead atoms. The molecule has 0 saturated carbocycles. The van der Waals surface area contributed by atoms with Gasteiger partial charge in [-0.25, -0.2) is 4.39 Å². The largest absolute Gasteiger partial charge is 0.410 e. The van der Waals surface area contributed by atoms with E-state index in [9.17, 15) is 4.39 Å². The third-order valence-electron chi connectivity index (χ3n) is 3.35. The van der Waals surface area contributed by atoms with Gasteiger partial charge in [-0.05, 0) is 23.3 Å². The fourth-order valence-corrected chi connectivity index (χ4v) is 2.91. The second-order valence-corrected chi connectivity index (χ2v) is 6.14. The molecule has 23 heavy (non-hydrogen) atoms. The summed E-state index contributed by atoms with van der Waals surface area (Å²) in [6.07, 6.45) is 0.747. The highest BCUT2D eigenvalue weighted by atomic mass is 32.2. The molecule has 3 rings (SSSR count). The number of quaternary nitrogens is 1. The van der Waals surface area contributed by atoms with Crippen LogP contribution in [0.5, 0.6) is 0 Å². The van der Waals surface area contributed by atoms with Crippen molar-refractivity contribution < 1.29 is 14.5 Å². The van der Waals surface area contributed by atoms with Crippen LogP contribution in [0.15, 0.2) is 64.2 Å². The minimum atomic E-state index is -0.241. The number of benzene rings is 2. The number of hydrogen-bond donors (Lipinski definition) is 1. The smallest absolute Gasteiger partial charge is 0.277 e. The maximum absolute atomic E-state index is 13.1. The first-order chi connectivity index (χ1) is 11.2. The van der Waals surface area contributed by atoms with E-state index in [1.165, 1.54) is 29.5 Å². The second-order valence-electron chi connectivity index (χ2n) is 5.21. The summed E-state index contributed by atoms with van der Waals surface area (Å²) in [5.41, 5.74) is 6.15. The average Bonchev–Trinajstić information content (AvgIpc) is 3.03. The number of thioether (sulfide) groups is 1. The summed E-state index contributed by atoms with van der Waals surface area (Å²) in [6, 6.07) is 16.5. The molecule has 0 radical (unpaired) electrons. The molecule has 3 N–H and O–H groups in total. The van der Waals surface area contributed by atoms with Crippen LogP contribution in [0.3, 0.4) is 0 Å². The van der Waals surface area contributed by atoms with E-state index in [1.807, 2.05) is 36.4 Å². The Bertz CT molecular complexity index is 763. The van der Waals surface area contributed by atoms with Gasteiger partial charge in [0, 0.05) is 12.2 Å². The quantitative estimate of drug-likeness (QED) is 0.706. The minimum Gasteiger partial charge on any atom is -0.410 e. The number of aromatic nitrogens is 2. The first-order valence-corrected chi connectivity index (χ1v) is 8.27. The number of rotatable bonds is 6. The van der Waals surface area contributed by atoms with E-state index in [1.54, 1.807) is 6.07 Å². The molecule has 6 heteroatoms. The molecule has 3 aromatic rings. The fourth-order valence-electron chi connectivity index (χ4n) is 2.20. The van der Waals surface area contributed by atoms with E-state index in [2.05, 4.69) is 15.9 Å². The van der Waals surface area contributed by atoms with Crippen molar-refractivity contribution in [2.24, 2.45) is 0 Å². The molecule has 0 aliphatic carbocycles. The highest BCUT2D eigenvalue weighted by Crippen LogP contribution is 2.23. The van der Waals surface area contributed by atoms with Crippen molar-refractivity contribution in [3.8, 4) is 0 Å². The molecule has 4 nitrogen and oxygen atoms in total. The monoisotopic (exact) mass is 330 g/mol. The van der Waals surface area contributed by atoms with Crippen LogP contribution in [0.25, 0.3) is 0 Å². The summed E-state index contributed by atoms with van der Waals surface area (Å²) >= 11 is 1.39. The van der Waals surface area contributed by atoms with Gasteiger partial charge in [0.25, 0.3) is 11.1 Å². The number of nitrogens with zero attached hydrogens (tertiary/aromatic N) is 2. The third kappa shape index (κ3) is 4.40. The van der Waals surface area contributed by atoms with Crippen molar-refractivity contribution in [1.82, 2.24) is 10.2 Å². The lowest BCUT2D eigenvalue weighted by molar-refractivity contribution is -0.431. The molecule has 0 spiro atoms. The summed E-state index contributed by atoms with van der Waals surface area (Å²) in [6.45, 7) is 0. The summed E-state index contributed by atoms with van der Waals surface area (Å²) < 4.78 is 18.8. The molecule has 0 saturated heterocycles. The van der Waals surface area contributed by atoms with Gasteiger partial charge >= 0.3 is 0 Å². The van der Waals surface area contributed by atoms with Crippen molar-refractivity contribution in [3.05, 3.63) is 77.4 Å². The maximum atomic E-state index is 13.1. The zero-order valence-corrected chi connectivity index (χ0v) is 13.3. The standard InChI is InChI=1S/C17H16FN3OS/c18-14-8-4-7-13(9-14)11-23-17-21-20-16(22-17)15(19)10-12-5-2-1-3-6-12/h1-9,15H,10-11,19H2/p+1/t15-/m0/s1. The van der Waals surface area contributed by atoms with Gasteiger partial charge in [0.15, 0.2) is 6.04 Å². The van der Waals surface area contributed by atoms with Gasteiger partial charge in [0.1, 0.15) is 5.82 Å². The van der Waals surface area contributed by atoms with Crippen molar-refractivity contribution in [2.45, 2.75) is 23.4 Å². The molecule has 1 aromatic heterocycles. The third-order valence-corrected chi connectivity index (χ3v) is 4.24. The van der Waals surface area contributed by atoms with Gasteiger partial charge in [-0.3, -0.25) is 0 Å². The molecule has 118 valence electrons. The summed E-state index contributed by atoms with van der Waals surface area (Å²) in [7, 11) is 0. The molecular weight excluding hydrogens is 313 g/mol. The van der Waals surface area contributed by atoms with Gasteiger partial charge in [0.05, 0.1) is 0 Å². The Morgan fingerprint density at radius 1 is 1.04 bits per heavy atom. The Balaban J connectivity index is 1.59. The molecule has 2 aromatic carbocycles. The lowest BCUT2D eigenvalue weighted by Crippen LogP contribution is -2.54. The van der Waals surface area contributed by atoms with Crippen molar-refractivity contribution >= 4 is 11.8 Å². The summed E-state index contributed by atoms with van der Waals surface area (Å²) in [5, 5.41) is 8.57. The minimum absolute atomic E-state index is 0.0894. The Morgan fingerprint density at radius 2 is 1.83 bits per heavy atom. The van der Waals surface area contributed by atoms with Crippen LogP contribution in [-0.4, -0.2) is 10.2 Å². The Labute approximate surface area is 137 Å². The zero-order chi connectivity index (χ0) is 16.1. The predicted molar refractivity (Wildman–Crippen MR) is 86.0 cm³/mol. The molecule has 0 aliphatic rings. The molecule has 0 fully saturated rings. The number of halogens is 1. The summed E-state index contributed by atoms with van der Waals surface area (Å²) in [4.78, 5) is 0. The van der Waals surface area contributed by atoms with Gasteiger partial charge in [-0.2, -0.15) is 0 Å². The van der Waals surface area contributed by atoms with Crippen LogP contribution >= 0.6 is 11.8 Å². The van der Waals surface area contributed by atoms with Crippen LogP contribution in [0.4, 0.5) is 4.39 Å². The van der Waals surface area contributed by atoms with E-state index in [0.717, 1.165) is 12.0 Å². The molecule has 0 unspecified atom stereocenters. The molecule has 1 heterocycles. The van der Waals surface area contributed by atoms with E-state index in [4.69, 9.17) is 4.42 Å². The topological polar surface area (TPSA) is 66.6 Å². The van der Waals surface area contributed by atoms with Crippen LogP contribution in [-0.2, 0) is 12.2 Å². The first-order valence-electron chi connectivity index (χ1n) is 7.28.